The minimum atomic E-state index is -0.146. The highest BCUT2D eigenvalue weighted by molar-refractivity contribution is 7.16. The summed E-state index contributed by atoms with van der Waals surface area (Å²) in [6.45, 7) is 8.53. The predicted octanol–water partition coefficient (Wildman–Crippen LogP) is 3.68. The predicted molar refractivity (Wildman–Crippen MR) is 98.6 cm³/mol. The Balaban J connectivity index is 1.68. The maximum Gasteiger partial charge on any atom is 0.256 e. The summed E-state index contributed by atoms with van der Waals surface area (Å²) >= 11 is 1.75. The molecular formula is C19H23N3OS. The van der Waals surface area contributed by atoms with Crippen molar-refractivity contribution in [2.75, 3.05) is 11.9 Å². The molecule has 2 aliphatic rings. The van der Waals surface area contributed by atoms with E-state index in [2.05, 4.69) is 48.4 Å². The molecule has 1 amide bonds. The molecule has 1 aromatic heterocycles. The first-order valence-corrected chi connectivity index (χ1v) is 9.37. The number of carbonyl (C=O) groups excluding carboxylic acids is 1. The standard InChI is InChI=1S/C19H23N3OS/c1-11(2)22-9-8-14-15(10-22)24-19-16(14)18(23)20-17(21-19)13-7-5-4-6-12(13)3/h4-7,11,17,21H,8-10H2,1-3H3,(H,20,23)/t17-/m0/s1. The topological polar surface area (TPSA) is 44.4 Å². The number of hydrogen-bond donors (Lipinski definition) is 2. The molecule has 0 unspecified atom stereocenters. The Hall–Kier alpha value is -1.85. The van der Waals surface area contributed by atoms with Gasteiger partial charge in [0.25, 0.3) is 5.91 Å². The van der Waals surface area contributed by atoms with Crippen LogP contribution in [0.25, 0.3) is 0 Å². The number of hydrogen-bond acceptors (Lipinski definition) is 4. The average Bonchev–Trinajstić information content (AvgIpc) is 2.92. The maximum atomic E-state index is 12.8. The van der Waals surface area contributed by atoms with Gasteiger partial charge in [0, 0.05) is 24.0 Å². The monoisotopic (exact) mass is 341 g/mol. The molecule has 3 heterocycles. The van der Waals surface area contributed by atoms with Crippen LogP contribution in [0, 0.1) is 6.92 Å². The lowest BCUT2D eigenvalue weighted by molar-refractivity contribution is 0.0934. The molecule has 0 radical (unpaired) electrons. The van der Waals surface area contributed by atoms with Gasteiger partial charge in [0.15, 0.2) is 0 Å². The Morgan fingerprint density at radius 1 is 1.25 bits per heavy atom. The molecule has 0 saturated carbocycles. The summed E-state index contributed by atoms with van der Waals surface area (Å²) < 4.78 is 0. The van der Waals surface area contributed by atoms with Gasteiger partial charge in [-0.05, 0) is 43.9 Å². The average molecular weight is 341 g/mol. The van der Waals surface area contributed by atoms with Gasteiger partial charge in [-0.3, -0.25) is 9.69 Å². The van der Waals surface area contributed by atoms with E-state index in [0.29, 0.717) is 6.04 Å². The van der Waals surface area contributed by atoms with Crippen molar-refractivity contribution in [3.05, 3.63) is 51.4 Å². The van der Waals surface area contributed by atoms with Crippen molar-refractivity contribution in [3.8, 4) is 0 Å². The maximum absolute atomic E-state index is 12.8. The van der Waals surface area contributed by atoms with Crippen molar-refractivity contribution in [2.24, 2.45) is 0 Å². The number of nitrogens with one attached hydrogen (secondary N) is 2. The lowest BCUT2D eigenvalue weighted by Crippen LogP contribution is -2.39. The van der Waals surface area contributed by atoms with Gasteiger partial charge in [-0.15, -0.1) is 11.3 Å². The molecule has 24 heavy (non-hydrogen) atoms. The van der Waals surface area contributed by atoms with Crippen LogP contribution in [0.1, 0.15) is 51.9 Å². The number of benzene rings is 1. The molecule has 1 aromatic carbocycles. The molecular weight excluding hydrogens is 318 g/mol. The number of thiophene rings is 1. The van der Waals surface area contributed by atoms with Gasteiger partial charge < -0.3 is 10.6 Å². The Morgan fingerprint density at radius 2 is 2.04 bits per heavy atom. The van der Waals surface area contributed by atoms with E-state index in [-0.39, 0.29) is 12.1 Å². The zero-order valence-electron chi connectivity index (χ0n) is 14.3. The fourth-order valence-corrected chi connectivity index (χ4v) is 4.94. The highest BCUT2D eigenvalue weighted by Gasteiger charge is 2.33. The second kappa shape index (κ2) is 5.90. The largest absolute Gasteiger partial charge is 0.353 e. The van der Waals surface area contributed by atoms with Crippen LogP contribution in [0.3, 0.4) is 0 Å². The molecule has 0 saturated heterocycles. The minimum absolute atomic E-state index is 0.0625. The van der Waals surface area contributed by atoms with Gasteiger partial charge in [-0.25, -0.2) is 0 Å². The molecule has 2 aromatic rings. The van der Waals surface area contributed by atoms with E-state index in [1.807, 2.05) is 12.1 Å². The summed E-state index contributed by atoms with van der Waals surface area (Å²) in [6.07, 6.45) is 0.816. The van der Waals surface area contributed by atoms with E-state index < -0.39 is 0 Å². The Morgan fingerprint density at radius 3 is 2.79 bits per heavy atom. The number of rotatable bonds is 2. The molecule has 2 aliphatic heterocycles. The molecule has 0 spiro atoms. The van der Waals surface area contributed by atoms with Crippen LogP contribution < -0.4 is 10.6 Å². The van der Waals surface area contributed by atoms with Crippen LogP contribution >= 0.6 is 11.3 Å². The lowest BCUT2D eigenvalue weighted by atomic mass is 9.99. The Kier molecular flexibility index (Phi) is 3.85. The first-order valence-electron chi connectivity index (χ1n) is 8.56. The van der Waals surface area contributed by atoms with E-state index in [4.69, 9.17) is 0 Å². The molecule has 126 valence electrons. The molecule has 0 fully saturated rings. The zero-order valence-corrected chi connectivity index (χ0v) is 15.2. The third-order valence-corrected chi connectivity index (χ3v) is 6.24. The van der Waals surface area contributed by atoms with Crippen molar-refractivity contribution in [1.29, 1.82) is 0 Å². The van der Waals surface area contributed by atoms with E-state index in [1.54, 1.807) is 11.3 Å². The summed E-state index contributed by atoms with van der Waals surface area (Å²) in [5.74, 6) is 0.0625. The summed E-state index contributed by atoms with van der Waals surface area (Å²) in [5, 5.41) is 7.73. The van der Waals surface area contributed by atoms with Gasteiger partial charge in [-0.1, -0.05) is 24.3 Å². The summed E-state index contributed by atoms with van der Waals surface area (Å²) in [4.78, 5) is 16.6. The van der Waals surface area contributed by atoms with Gasteiger partial charge in [0.2, 0.25) is 0 Å². The van der Waals surface area contributed by atoms with Crippen LogP contribution in [0.4, 0.5) is 5.00 Å². The highest BCUT2D eigenvalue weighted by atomic mass is 32.1. The van der Waals surface area contributed by atoms with Crippen molar-refractivity contribution < 1.29 is 4.79 Å². The molecule has 4 nitrogen and oxygen atoms in total. The number of anilines is 1. The fourth-order valence-electron chi connectivity index (χ4n) is 3.64. The van der Waals surface area contributed by atoms with Crippen LogP contribution in [0.15, 0.2) is 24.3 Å². The molecule has 0 aliphatic carbocycles. The first kappa shape index (κ1) is 15.7. The number of amides is 1. The van der Waals surface area contributed by atoms with Gasteiger partial charge >= 0.3 is 0 Å². The van der Waals surface area contributed by atoms with E-state index in [9.17, 15) is 4.79 Å². The molecule has 4 rings (SSSR count). The third-order valence-electron chi connectivity index (χ3n) is 5.09. The summed E-state index contributed by atoms with van der Waals surface area (Å²) in [5.41, 5.74) is 4.45. The van der Waals surface area contributed by atoms with Crippen LogP contribution in [-0.2, 0) is 13.0 Å². The van der Waals surface area contributed by atoms with Crippen molar-refractivity contribution in [3.63, 3.8) is 0 Å². The van der Waals surface area contributed by atoms with Gasteiger partial charge in [-0.2, -0.15) is 0 Å². The van der Waals surface area contributed by atoms with Gasteiger partial charge in [0.05, 0.1) is 5.56 Å². The Bertz CT molecular complexity index is 796. The Labute approximate surface area is 146 Å². The van der Waals surface area contributed by atoms with Crippen molar-refractivity contribution in [1.82, 2.24) is 10.2 Å². The molecule has 0 bridgehead atoms. The molecule has 1 atom stereocenters. The summed E-state index contributed by atoms with van der Waals surface area (Å²) in [6, 6.07) is 8.74. The minimum Gasteiger partial charge on any atom is -0.353 e. The number of carbonyl (C=O) groups is 1. The normalized spacial score (nSPS) is 20.3. The second-order valence-corrected chi connectivity index (χ2v) is 8.03. The second-order valence-electron chi connectivity index (χ2n) is 6.93. The van der Waals surface area contributed by atoms with E-state index >= 15 is 0 Å². The van der Waals surface area contributed by atoms with Crippen LogP contribution in [0.5, 0.6) is 0 Å². The quantitative estimate of drug-likeness (QED) is 0.876. The van der Waals surface area contributed by atoms with Gasteiger partial charge in [0.1, 0.15) is 11.2 Å². The van der Waals surface area contributed by atoms with E-state index in [0.717, 1.165) is 35.6 Å². The smallest absolute Gasteiger partial charge is 0.256 e. The van der Waals surface area contributed by atoms with Crippen molar-refractivity contribution >= 4 is 22.2 Å². The highest BCUT2D eigenvalue weighted by Crippen LogP contribution is 2.41. The zero-order chi connectivity index (χ0) is 16.8. The number of nitrogens with zero attached hydrogens (tertiary/aromatic N) is 1. The van der Waals surface area contributed by atoms with Crippen LogP contribution in [-0.4, -0.2) is 23.4 Å². The third kappa shape index (κ3) is 2.52. The number of aryl methyl sites for hydroxylation is 1. The lowest BCUT2D eigenvalue weighted by Gasteiger charge is -2.31. The molecule has 5 heteroatoms. The molecule has 2 N–H and O–H groups in total. The first-order chi connectivity index (χ1) is 11.5. The summed E-state index contributed by atoms with van der Waals surface area (Å²) in [7, 11) is 0. The van der Waals surface area contributed by atoms with Crippen molar-refractivity contribution in [2.45, 2.75) is 45.9 Å². The SMILES string of the molecule is Cc1ccccc1[C@H]1NC(=O)c2c(sc3c2CCN(C(C)C)C3)N1. The number of fused-ring (bicyclic) bond motifs is 3. The van der Waals surface area contributed by atoms with E-state index in [1.165, 1.54) is 16.0 Å². The van der Waals surface area contributed by atoms with Crippen LogP contribution in [0.2, 0.25) is 0 Å². The fraction of sp³-hybridized carbons (Fsp3) is 0.421.